The summed E-state index contributed by atoms with van der Waals surface area (Å²) in [6.07, 6.45) is 0. The van der Waals surface area contributed by atoms with Gasteiger partial charge in [0.25, 0.3) is 0 Å². The fourth-order valence-electron chi connectivity index (χ4n) is 1.40. The number of para-hydroxylation sites is 1. The first-order valence-corrected chi connectivity index (χ1v) is 5.51. The highest BCUT2D eigenvalue weighted by molar-refractivity contribution is 6.17. The van der Waals surface area contributed by atoms with Crippen LogP contribution in [0.2, 0.25) is 0 Å². The molecule has 1 nitrogen and oxygen atoms in total. The van der Waals surface area contributed by atoms with Crippen LogP contribution in [0, 0.1) is 11.6 Å². The molecule has 0 amide bonds. The van der Waals surface area contributed by atoms with Crippen molar-refractivity contribution in [3.05, 3.63) is 59.7 Å². The highest BCUT2D eigenvalue weighted by Crippen LogP contribution is 2.29. The van der Waals surface area contributed by atoms with Crippen molar-refractivity contribution in [3.63, 3.8) is 0 Å². The molecule has 2 aromatic carbocycles. The van der Waals surface area contributed by atoms with E-state index in [-0.39, 0.29) is 11.6 Å². The lowest BCUT2D eigenvalue weighted by molar-refractivity contribution is 0.414. The average Bonchev–Trinajstić information content (AvgIpc) is 2.35. The van der Waals surface area contributed by atoms with E-state index in [2.05, 4.69) is 0 Å². The summed E-state index contributed by atoms with van der Waals surface area (Å²) in [5, 5.41) is 0. The van der Waals surface area contributed by atoms with Gasteiger partial charge in [-0.05, 0) is 18.2 Å². The van der Waals surface area contributed by atoms with Crippen molar-refractivity contribution in [1.82, 2.24) is 0 Å². The maximum absolute atomic E-state index is 13.4. The fraction of sp³-hybridized carbons (Fsp3) is 0.0769. The van der Waals surface area contributed by atoms with E-state index in [0.717, 1.165) is 11.6 Å². The van der Waals surface area contributed by atoms with Crippen LogP contribution in [0.3, 0.4) is 0 Å². The molecule has 0 aliphatic carbocycles. The lowest BCUT2D eigenvalue weighted by atomic mass is 10.2. The first-order valence-electron chi connectivity index (χ1n) is 4.98. The minimum absolute atomic E-state index is 0.150. The van der Waals surface area contributed by atoms with E-state index in [1.165, 1.54) is 12.1 Å². The molecule has 2 rings (SSSR count). The number of benzene rings is 2. The van der Waals surface area contributed by atoms with Crippen molar-refractivity contribution >= 4 is 11.6 Å². The fourth-order valence-corrected chi connectivity index (χ4v) is 1.62. The van der Waals surface area contributed by atoms with Crippen LogP contribution in [0.5, 0.6) is 11.5 Å². The van der Waals surface area contributed by atoms with Crippen molar-refractivity contribution in [2.24, 2.45) is 0 Å². The highest BCUT2D eigenvalue weighted by atomic mass is 35.5. The summed E-state index contributed by atoms with van der Waals surface area (Å²) in [5.41, 5.74) is 0.720. The van der Waals surface area contributed by atoms with Gasteiger partial charge in [-0.3, -0.25) is 0 Å². The largest absolute Gasteiger partial charge is 0.454 e. The predicted octanol–water partition coefficient (Wildman–Crippen LogP) is 4.50. The first-order chi connectivity index (χ1) is 8.22. The normalized spacial score (nSPS) is 10.3. The average molecular weight is 255 g/mol. The molecule has 17 heavy (non-hydrogen) atoms. The van der Waals surface area contributed by atoms with Gasteiger partial charge in [0.2, 0.25) is 5.82 Å². The van der Waals surface area contributed by atoms with Crippen molar-refractivity contribution in [1.29, 1.82) is 0 Å². The minimum atomic E-state index is -1.00. The van der Waals surface area contributed by atoms with Gasteiger partial charge in [0, 0.05) is 5.56 Å². The molecule has 0 N–H and O–H groups in total. The zero-order valence-electron chi connectivity index (χ0n) is 8.79. The van der Waals surface area contributed by atoms with Gasteiger partial charge in [-0.25, -0.2) is 4.39 Å². The van der Waals surface area contributed by atoms with Crippen LogP contribution >= 0.6 is 11.6 Å². The van der Waals surface area contributed by atoms with Crippen molar-refractivity contribution < 1.29 is 13.5 Å². The van der Waals surface area contributed by atoms with Gasteiger partial charge in [0.05, 0.1) is 5.88 Å². The number of hydrogen-bond donors (Lipinski definition) is 0. The number of rotatable bonds is 3. The second kappa shape index (κ2) is 5.15. The van der Waals surface area contributed by atoms with E-state index in [4.69, 9.17) is 16.3 Å². The molecule has 0 aliphatic rings. The van der Waals surface area contributed by atoms with Crippen LogP contribution < -0.4 is 4.74 Å². The molecule has 0 unspecified atom stereocenters. The maximum atomic E-state index is 13.4. The van der Waals surface area contributed by atoms with Gasteiger partial charge in [-0.2, -0.15) is 4.39 Å². The standard InChI is InChI=1S/C13H9ClF2O/c14-8-9-4-1-2-6-11(9)17-12-7-3-5-10(15)13(12)16/h1-7H,8H2. The van der Waals surface area contributed by atoms with Crippen LogP contribution in [0.25, 0.3) is 0 Å². The van der Waals surface area contributed by atoms with Gasteiger partial charge in [0.15, 0.2) is 11.6 Å². The SMILES string of the molecule is Fc1cccc(Oc2ccccc2CCl)c1F. The Balaban J connectivity index is 2.35. The van der Waals surface area contributed by atoms with Crippen molar-refractivity contribution in [3.8, 4) is 11.5 Å². The summed E-state index contributed by atoms with van der Waals surface area (Å²) in [6.45, 7) is 0. The summed E-state index contributed by atoms with van der Waals surface area (Å²) >= 11 is 5.72. The molecule has 0 bridgehead atoms. The summed E-state index contributed by atoms with van der Waals surface area (Å²) in [5.74, 6) is -1.43. The molecule has 0 radical (unpaired) electrons. The van der Waals surface area contributed by atoms with Crippen LogP contribution in [-0.4, -0.2) is 0 Å². The van der Waals surface area contributed by atoms with Crippen molar-refractivity contribution in [2.45, 2.75) is 5.88 Å². The molecule has 0 atom stereocenters. The molecule has 2 aromatic rings. The van der Waals surface area contributed by atoms with E-state index in [1.807, 2.05) is 0 Å². The zero-order valence-corrected chi connectivity index (χ0v) is 9.55. The number of hydrogen-bond acceptors (Lipinski definition) is 1. The van der Waals surface area contributed by atoms with Crippen LogP contribution in [0.15, 0.2) is 42.5 Å². The molecule has 0 heterocycles. The minimum Gasteiger partial charge on any atom is -0.454 e. The van der Waals surface area contributed by atoms with E-state index in [9.17, 15) is 8.78 Å². The van der Waals surface area contributed by atoms with E-state index in [0.29, 0.717) is 5.75 Å². The smallest absolute Gasteiger partial charge is 0.201 e. The Morgan fingerprint density at radius 1 is 0.941 bits per heavy atom. The third-order valence-corrected chi connectivity index (χ3v) is 2.54. The van der Waals surface area contributed by atoms with Crippen LogP contribution in [-0.2, 0) is 5.88 Å². The Labute approximate surface area is 103 Å². The molecule has 0 saturated carbocycles. The molecule has 0 saturated heterocycles. The molecular formula is C13H9ClF2O. The zero-order chi connectivity index (χ0) is 12.3. The Hall–Kier alpha value is -1.61. The Kier molecular flexibility index (Phi) is 3.59. The van der Waals surface area contributed by atoms with Gasteiger partial charge in [0.1, 0.15) is 5.75 Å². The van der Waals surface area contributed by atoms with Crippen molar-refractivity contribution in [2.75, 3.05) is 0 Å². The second-order valence-corrected chi connectivity index (χ2v) is 3.66. The van der Waals surface area contributed by atoms with Gasteiger partial charge < -0.3 is 4.74 Å². The van der Waals surface area contributed by atoms with Gasteiger partial charge in [-0.15, -0.1) is 11.6 Å². The van der Waals surface area contributed by atoms with Gasteiger partial charge in [-0.1, -0.05) is 24.3 Å². The Bertz CT molecular complexity index is 529. The Morgan fingerprint density at radius 2 is 1.65 bits per heavy atom. The number of halogens is 3. The summed E-state index contributed by atoms with van der Waals surface area (Å²) in [4.78, 5) is 0. The third kappa shape index (κ3) is 2.56. The summed E-state index contributed by atoms with van der Waals surface area (Å²) in [6, 6.07) is 10.7. The highest BCUT2D eigenvalue weighted by Gasteiger charge is 2.11. The summed E-state index contributed by atoms with van der Waals surface area (Å²) in [7, 11) is 0. The van der Waals surface area contributed by atoms with Gasteiger partial charge >= 0.3 is 0 Å². The molecular weight excluding hydrogens is 246 g/mol. The lowest BCUT2D eigenvalue weighted by Crippen LogP contribution is -1.93. The maximum Gasteiger partial charge on any atom is 0.201 e. The monoisotopic (exact) mass is 254 g/mol. The first kappa shape index (κ1) is 11.9. The quantitative estimate of drug-likeness (QED) is 0.733. The predicted molar refractivity (Wildman–Crippen MR) is 62.4 cm³/mol. The molecule has 88 valence electrons. The van der Waals surface area contributed by atoms with E-state index in [1.54, 1.807) is 24.3 Å². The Morgan fingerprint density at radius 3 is 2.41 bits per heavy atom. The molecule has 0 fully saturated rings. The third-order valence-electron chi connectivity index (χ3n) is 2.25. The molecule has 0 spiro atoms. The molecule has 0 aliphatic heterocycles. The molecule has 4 heteroatoms. The van der Waals surface area contributed by atoms with E-state index < -0.39 is 11.6 Å². The summed E-state index contributed by atoms with van der Waals surface area (Å²) < 4.78 is 31.7. The van der Waals surface area contributed by atoms with E-state index >= 15 is 0 Å². The topological polar surface area (TPSA) is 9.23 Å². The number of alkyl halides is 1. The lowest BCUT2D eigenvalue weighted by Gasteiger charge is -2.10. The second-order valence-electron chi connectivity index (χ2n) is 3.40. The number of ether oxygens (including phenoxy) is 1. The molecule has 0 aromatic heterocycles. The van der Waals surface area contributed by atoms with Crippen LogP contribution in [0.1, 0.15) is 5.56 Å². The van der Waals surface area contributed by atoms with Crippen LogP contribution in [0.4, 0.5) is 8.78 Å².